The second-order valence-corrected chi connectivity index (χ2v) is 4.89. The topological polar surface area (TPSA) is 67.9 Å². The molecule has 1 fully saturated rings. The van der Waals surface area contributed by atoms with E-state index in [4.69, 9.17) is 9.47 Å². The molecule has 0 bridgehead atoms. The fraction of sp³-hybridized carbons (Fsp3) is 0.818. The number of epoxide rings is 1. The molecule has 1 aliphatic heterocycles. The zero-order chi connectivity index (χ0) is 12.2. The summed E-state index contributed by atoms with van der Waals surface area (Å²) in [4.78, 5) is 22.5. The second-order valence-electron chi connectivity index (χ2n) is 4.89. The van der Waals surface area contributed by atoms with Gasteiger partial charge in [0.1, 0.15) is 5.60 Å². The summed E-state index contributed by atoms with van der Waals surface area (Å²) in [5, 5.41) is 2.43. The lowest BCUT2D eigenvalue weighted by molar-refractivity contribution is -0.118. The summed E-state index contributed by atoms with van der Waals surface area (Å²) >= 11 is 0. The second kappa shape index (κ2) is 5.30. The van der Waals surface area contributed by atoms with E-state index in [9.17, 15) is 9.59 Å². The van der Waals surface area contributed by atoms with Crippen molar-refractivity contribution in [3.8, 4) is 0 Å². The largest absolute Gasteiger partial charge is 0.444 e. The Labute approximate surface area is 95.5 Å². The van der Waals surface area contributed by atoms with Gasteiger partial charge in [0, 0.05) is 6.42 Å². The average Bonchev–Trinajstić information content (AvgIpc) is 2.92. The first-order valence-corrected chi connectivity index (χ1v) is 5.47. The van der Waals surface area contributed by atoms with Gasteiger partial charge in [0.05, 0.1) is 19.3 Å². The van der Waals surface area contributed by atoms with Crippen molar-refractivity contribution in [3.63, 3.8) is 0 Å². The highest BCUT2D eigenvalue weighted by molar-refractivity contribution is 5.84. The molecule has 1 heterocycles. The SMILES string of the molecule is CC(C)(C)OC(=O)NCC(=O)CCC1CO1. The minimum atomic E-state index is -0.552. The first-order valence-electron chi connectivity index (χ1n) is 5.47. The maximum atomic E-state index is 11.3. The normalized spacial score (nSPS) is 19.1. The standard InChI is InChI=1S/C11H19NO4/c1-11(2,3)16-10(14)12-6-8(13)4-5-9-7-15-9/h9H,4-7H2,1-3H3,(H,12,14). The van der Waals surface area contributed by atoms with E-state index in [1.165, 1.54) is 0 Å². The van der Waals surface area contributed by atoms with Gasteiger partial charge in [-0.2, -0.15) is 0 Å². The summed E-state index contributed by atoms with van der Waals surface area (Å²) in [7, 11) is 0. The number of carbonyl (C=O) groups excluding carboxylic acids is 2. The van der Waals surface area contributed by atoms with Gasteiger partial charge in [0.2, 0.25) is 0 Å². The van der Waals surface area contributed by atoms with Crippen molar-refractivity contribution in [2.45, 2.75) is 45.3 Å². The lowest BCUT2D eigenvalue weighted by Crippen LogP contribution is -2.35. The molecule has 0 radical (unpaired) electrons. The Bertz CT molecular complexity index is 266. The molecular weight excluding hydrogens is 210 g/mol. The van der Waals surface area contributed by atoms with Crippen molar-refractivity contribution < 1.29 is 19.1 Å². The molecular formula is C11H19NO4. The van der Waals surface area contributed by atoms with Crippen LogP contribution in [0, 0.1) is 0 Å². The third-order valence-corrected chi connectivity index (χ3v) is 1.98. The molecule has 5 heteroatoms. The van der Waals surface area contributed by atoms with Gasteiger partial charge in [-0.1, -0.05) is 0 Å². The highest BCUT2D eigenvalue weighted by Crippen LogP contribution is 2.15. The van der Waals surface area contributed by atoms with Crippen LogP contribution in [0.1, 0.15) is 33.6 Å². The van der Waals surface area contributed by atoms with Gasteiger partial charge in [0.15, 0.2) is 5.78 Å². The zero-order valence-corrected chi connectivity index (χ0v) is 10.0. The highest BCUT2D eigenvalue weighted by atomic mass is 16.6. The van der Waals surface area contributed by atoms with Gasteiger partial charge in [-0.3, -0.25) is 4.79 Å². The summed E-state index contributed by atoms with van der Waals surface area (Å²) < 4.78 is 9.99. The van der Waals surface area contributed by atoms with E-state index in [1.54, 1.807) is 20.8 Å². The van der Waals surface area contributed by atoms with Crippen molar-refractivity contribution in [2.75, 3.05) is 13.2 Å². The molecule has 1 atom stereocenters. The number of alkyl carbamates (subject to hydrolysis) is 1. The molecule has 5 nitrogen and oxygen atoms in total. The Morgan fingerprint density at radius 1 is 1.44 bits per heavy atom. The fourth-order valence-corrected chi connectivity index (χ4v) is 1.13. The van der Waals surface area contributed by atoms with E-state index in [2.05, 4.69) is 5.32 Å². The fourth-order valence-electron chi connectivity index (χ4n) is 1.13. The maximum absolute atomic E-state index is 11.3. The van der Waals surface area contributed by atoms with Crippen LogP contribution in [-0.4, -0.2) is 36.7 Å². The highest BCUT2D eigenvalue weighted by Gasteiger charge is 2.23. The van der Waals surface area contributed by atoms with Crippen LogP contribution in [0.3, 0.4) is 0 Å². The van der Waals surface area contributed by atoms with Crippen molar-refractivity contribution in [2.24, 2.45) is 0 Å². The molecule has 1 aliphatic rings. The van der Waals surface area contributed by atoms with E-state index < -0.39 is 11.7 Å². The van der Waals surface area contributed by atoms with Crippen molar-refractivity contribution >= 4 is 11.9 Å². The van der Waals surface area contributed by atoms with Crippen LogP contribution in [0.4, 0.5) is 4.79 Å². The van der Waals surface area contributed by atoms with Crippen LogP contribution >= 0.6 is 0 Å². The van der Waals surface area contributed by atoms with Gasteiger partial charge in [-0.15, -0.1) is 0 Å². The number of ether oxygens (including phenoxy) is 2. The van der Waals surface area contributed by atoms with E-state index in [1.807, 2.05) is 0 Å². The summed E-state index contributed by atoms with van der Waals surface area (Å²) in [6.45, 7) is 6.12. The lowest BCUT2D eigenvalue weighted by Gasteiger charge is -2.19. The molecule has 0 aromatic heterocycles. The van der Waals surface area contributed by atoms with Crippen molar-refractivity contribution in [3.05, 3.63) is 0 Å². The van der Waals surface area contributed by atoms with Gasteiger partial charge < -0.3 is 14.8 Å². The lowest BCUT2D eigenvalue weighted by atomic mass is 10.2. The first kappa shape index (κ1) is 13.0. The Hall–Kier alpha value is -1.10. The van der Waals surface area contributed by atoms with Crippen LogP contribution in [0.25, 0.3) is 0 Å². The number of ketones is 1. The Balaban J connectivity index is 2.07. The number of Topliss-reactive ketones (excluding diaryl/α,β-unsaturated/α-hetero) is 1. The quantitative estimate of drug-likeness (QED) is 0.721. The summed E-state index contributed by atoms with van der Waals surface area (Å²) in [6, 6.07) is 0. The van der Waals surface area contributed by atoms with Gasteiger partial charge in [-0.05, 0) is 27.2 Å². The zero-order valence-electron chi connectivity index (χ0n) is 10.0. The predicted molar refractivity (Wildman–Crippen MR) is 58.2 cm³/mol. The monoisotopic (exact) mass is 229 g/mol. The first-order chi connectivity index (χ1) is 7.37. The number of amides is 1. The third kappa shape index (κ3) is 6.40. The molecule has 1 unspecified atom stereocenters. The van der Waals surface area contributed by atoms with Gasteiger partial charge >= 0.3 is 6.09 Å². The predicted octanol–water partition coefficient (Wildman–Crippen LogP) is 1.26. The number of rotatable bonds is 5. The maximum Gasteiger partial charge on any atom is 0.408 e. The van der Waals surface area contributed by atoms with Crippen LogP contribution in [-0.2, 0) is 14.3 Å². The Kier molecular flexibility index (Phi) is 4.29. The smallest absolute Gasteiger partial charge is 0.408 e. The molecule has 0 aliphatic carbocycles. The van der Waals surface area contributed by atoms with Crippen LogP contribution in [0.2, 0.25) is 0 Å². The van der Waals surface area contributed by atoms with E-state index in [0.717, 1.165) is 13.0 Å². The Morgan fingerprint density at radius 2 is 2.06 bits per heavy atom. The molecule has 0 saturated carbocycles. The number of hydrogen-bond acceptors (Lipinski definition) is 4. The minimum Gasteiger partial charge on any atom is -0.444 e. The van der Waals surface area contributed by atoms with Gasteiger partial charge in [-0.25, -0.2) is 4.79 Å². The minimum absolute atomic E-state index is 0.00126. The van der Waals surface area contributed by atoms with E-state index in [-0.39, 0.29) is 18.4 Å². The molecule has 0 aromatic rings. The van der Waals surface area contributed by atoms with Crippen LogP contribution in [0.15, 0.2) is 0 Å². The molecule has 1 saturated heterocycles. The summed E-state index contributed by atoms with van der Waals surface area (Å²) in [5.41, 5.74) is -0.533. The van der Waals surface area contributed by atoms with Crippen molar-refractivity contribution in [1.29, 1.82) is 0 Å². The van der Waals surface area contributed by atoms with Crippen molar-refractivity contribution in [1.82, 2.24) is 5.32 Å². The molecule has 0 spiro atoms. The molecule has 92 valence electrons. The summed E-state index contributed by atoms with van der Waals surface area (Å²) in [6.07, 6.45) is 0.893. The molecule has 1 N–H and O–H groups in total. The molecule has 1 rings (SSSR count). The molecule has 0 aromatic carbocycles. The average molecular weight is 229 g/mol. The number of carbonyl (C=O) groups is 2. The summed E-state index contributed by atoms with van der Waals surface area (Å²) in [5.74, 6) is 0.00126. The van der Waals surface area contributed by atoms with E-state index >= 15 is 0 Å². The molecule has 1 amide bonds. The molecule has 16 heavy (non-hydrogen) atoms. The van der Waals surface area contributed by atoms with E-state index in [0.29, 0.717) is 6.42 Å². The number of nitrogens with one attached hydrogen (secondary N) is 1. The van der Waals surface area contributed by atoms with Crippen LogP contribution < -0.4 is 5.32 Å². The van der Waals surface area contributed by atoms with Crippen LogP contribution in [0.5, 0.6) is 0 Å². The third-order valence-electron chi connectivity index (χ3n) is 1.98. The van der Waals surface area contributed by atoms with Gasteiger partial charge in [0.25, 0.3) is 0 Å². The Morgan fingerprint density at radius 3 is 2.56 bits per heavy atom. The number of hydrogen-bond donors (Lipinski definition) is 1.